The number of carbonyl (C=O) groups is 1. The van der Waals surface area contributed by atoms with Crippen LogP contribution < -0.4 is 5.73 Å². The van der Waals surface area contributed by atoms with Crippen molar-refractivity contribution >= 4 is 5.91 Å². The summed E-state index contributed by atoms with van der Waals surface area (Å²) in [5, 5.41) is 0. The maximum Gasteiger partial charge on any atom is 0.227 e. The minimum absolute atomic E-state index is 0.0733. The minimum atomic E-state index is 0.0733. The lowest BCUT2D eigenvalue weighted by Gasteiger charge is -2.38. The fourth-order valence-corrected chi connectivity index (χ4v) is 3.78. The average Bonchev–Trinajstić information content (AvgIpc) is 2.41. The van der Waals surface area contributed by atoms with E-state index in [2.05, 4.69) is 30.8 Å². The molecule has 2 fully saturated rings. The Morgan fingerprint density at radius 3 is 2.45 bits per heavy atom. The highest BCUT2D eigenvalue weighted by atomic mass is 16.2. The van der Waals surface area contributed by atoms with Gasteiger partial charge in [-0.3, -0.25) is 4.79 Å². The second-order valence-corrected chi connectivity index (χ2v) is 7.22. The van der Waals surface area contributed by atoms with E-state index in [1.54, 1.807) is 0 Å². The van der Waals surface area contributed by atoms with Crippen molar-refractivity contribution in [3.8, 4) is 0 Å². The maximum absolute atomic E-state index is 12.7. The number of hydrogen-bond donors (Lipinski definition) is 1. The topological polar surface area (TPSA) is 49.6 Å². The van der Waals surface area contributed by atoms with Crippen LogP contribution in [0.3, 0.4) is 0 Å². The summed E-state index contributed by atoms with van der Waals surface area (Å²) in [6.07, 6.45) is 5.45. The predicted octanol–water partition coefficient (Wildman–Crippen LogP) is 1.55. The lowest BCUT2D eigenvalue weighted by Crippen LogP contribution is -2.49. The Kier molecular flexibility index (Phi) is 5.44. The van der Waals surface area contributed by atoms with Gasteiger partial charge < -0.3 is 15.5 Å². The fraction of sp³-hybridized carbons (Fsp3) is 0.938. The molecule has 2 rings (SSSR count). The van der Waals surface area contributed by atoms with Crippen LogP contribution in [0.2, 0.25) is 0 Å². The van der Waals surface area contributed by atoms with Crippen molar-refractivity contribution in [2.75, 3.05) is 33.7 Å². The van der Waals surface area contributed by atoms with Gasteiger partial charge in [-0.05, 0) is 58.0 Å². The highest BCUT2D eigenvalue weighted by Crippen LogP contribution is 2.30. The lowest BCUT2D eigenvalue weighted by molar-refractivity contribution is -0.139. The third-order valence-corrected chi connectivity index (χ3v) is 5.03. The Hall–Kier alpha value is -0.610. The average molecular weight is 281 g/mol. The molecule has 3 unspecified atom stereocenters. The zero-order valence-corrected chi connectivity index (χ0v) is 13.3. The van der Waals surface area contributed by atoms with Gasteiger partial charge in [0.25, 0.3) is 0 Å². The molecule has 0 aromatic carbocycles. The minimum Gasteiger partial charge on any atom is -0.342 e. The third-order valence-electron chi connectivity index (χ3n) is 5.03. The summed E-state index contributed by atoms with van der Waals surface area (Å²) in [6.45, 7) is 5.24. The summed E-state index contributed by atoms with van der Waals surface area (Å²) in [5.41, 5.74) is 6.19. The van der Waals surface area contributed by atoms with Crippen molar-refractivity contribution in [2.24, 2.45) is 23.5 Å². The van der Waals surface area contributed by atoms with E-state index in [1.807, 2.05) is 0 Å². The van der Waals surface area contributed by atoms with Crippen LogP contribution in [0.25, 0.3) is 0 Å². The van der Waals surface area contributed by atoms with Crippen molar-refractivity contribution in [1.29, 1.82) is 0 Å². The van der Waals surface area contributed by atoms with E-state index in [0.29, 0.717) is 11.8 Å². The SMILES string of the molecule is CC1CCC(N)C(C(=O)N2CCC(CN(C)C)CC2)C1. The molecular formula is C16H31N3O. The van der Waals surface area contributed by atoms with Crippen molar-refractivity contribution < 1.29 is 4.79 Å². The molecule has 0 aromatic heterocycles. The molecule has 20 heavy (non-hydrogen) atoms. The van der Waals surface area contributed by atoms with Crippen molar-refractivity contribution in [3.63, 3.8) is 0 Å². The van der Waals surface area contributed by atoms with Gasteiger partial charge in [-0.15, -0.1) is 0 Å². The molecule has 1 heterocycles. The number of piperidine rings is 1. The third kappa shape index (κ3) is 3.95. The molecule has 1 saturated carbocycles. The Labute approximate surface area is 123 Å². The normalized spacial score (nSPS) is 32.6. The van der Waals surface area contributed by atoms with Crippen molar-refractivity contribution in [3.05, 3.63) is 0 Å². The Balaban J connectivity index is 1.85. The number of rotatable bonds is 3. The van der Waals surface area contributed by atoms with Gasteiger partial charge in [-0.25, -0.2) is 0 Å². The summed E-state index contributed by atoms with van der Waals surface area (Å²) in [5.74, 6) is 1.79. The van der Waals surface area contributed by atoms with E-state index in [4.69, 9.17) is 5.73 Å². The van der Waals surface area contributed by atoms with Gasteiger partial charge in [0, 0.05) is 25.7 Å². The number of nitrogens with two attached hydrogens (primary N) is 1. The van der Waals surface area contributed by atoms with Gasteiger partial charge in [0.2, 0.25) is 5.91 Å². The zero-order valence-electron chi connectivity index (χ0n) is 13.3. The molecule has 116 valence electrons. The summed E-state index contributed by atoms with van der Waals surface area (Å²) in [6, 6.07) is 0.0817. The quantitative estimate of drug-likeness (QED) is 0.854. The molecule has 0 bridgehead atoms. The first kappa shape index (κ1) is 15.8. The van der Waals surface area contributed by atoms with Crippen LogP contribution in [0.5, 0.6) is 0 Å². The van der Waals surface area contributed by atoms with Crippen LogP contribution in [-0.2, 0) is 4.79 Å². The highest BCUT2D eigenvalue weighted by molar-refractivity contribution is 5.79. The van der Waals surface area contributed by atoms with Crippen LogP contribution in [0, 0.1) is 17.8 Å². The predicted molar refractivity (Wildman–Crippen MR) is 82.3 cm³/mol. The van der Waals surface area contributed by atoms with Gasteiger partial charge in [0.1, 0.15) is 0 Å². The lowest BCUT2D eigenvalue weighted by atomic mass is 9.78. The molecule has 0 aromatic rings. The molecule has 4 heteroatoms. The number of carbonyl (C=O) groups excluding carboxylic acids is 1. The standard InChI is InChI=1S/C16H31N3O/c1-12-4-5-15(17)14(10-12)16(20)19-8-6-13(7-9-19)11-18(2)3/h12-15H,4-11,17H2,1-3H3. The molecule has 1 saturated heterocycles. The molecule has 1 aliphatic heterocycles. The molecular weight excluding hydrogens is 250 g/mol. The van der Waals surface area contributed by atoms with E-state index in [1.165, 1.54) is 6.42 Å². The van der Waals surface area contributed by atoms with Crippen molar-refractivity contribution in [1.82, 2.24) is 9.80 Å². The highest BCUT2D eigenvalue weighted by Gasteiger charge is 2.35. The van der Waals surface area contributed by atoms with Crippen LogP contribution in [0.1, 0.15) is 39.0 Å². The van der Waals surface area contributed by atoms with Crippen LogP contribution in [0.4, 0.5) is 0 Å². The number of nitrogens with zero attached hydrogens (tertiary/aromatic N) is 2. The summed E-state index contributed by atoms with van der Waals surface area (Å²) >= 11 is 0. The molecule has 0 spiro atoms. The van der Waals surface area contributed by atoms with Gasteiger partial charge in [0.15, 0.2) is 0 Å². The molecule has 4 nitrogen and oxygen atoms in total. The second-order valence-electron chi connectivity index (χ2n) is 7.22. The van der Waals surface area contributed by atoms with Crippen molar-refractivity contribution in [2.45, 2.75) is 45.1 Å². The van der Waals surface area contributed by atoms with E-state index >= 15 is 0 Å². The van der Waals surface area contributed by atoms with Gasteiger partial charge in [-0.1, -0.05) is 6.92 Å². The second kappa shape index (κ2) is 6.90. The van der Waals surface area contributed by atoms with Gasteiger partial charge in [-0.2, -0.15) is 0 Å². The largest absolute Gasteiger partial charge is 0.342 e. The first-order chi connectivity index (χ1) is 9.47. The Morgan fingerprint density at radius 1 is 1.20 bits per heavy atom. The molecule has 3 atom stereocenters. The van der Waals surface area contributed by atoms with E-state index < -0.39 is 0 Å². The molecule has 2 N–H and O–H groups in total. The molecule has 0 radical (unpaired) electrons. The van der Waals surface area contributed by atoms with E-state index in [-0.39, 0.29) is 12.0 Å². The molecule has 1 amide bonds. The van der Waals surface area contributed by atoms with Gasteiger partial charge in [0.05, 0.1) is 5.92 Å². The van der Waals surface area contributed by atoms with Crippen LogP contribution >= 0.6 is 0 Å². The van der Waals surface area contributed by atoms with Crippen LogP contribution in [0.15, 0.2) is 0 Å². The summed E-state index contributed by atoms with van der Waals surface area (Å²) in [7, 11) is 4.25. The number of likely N-dealkylation sites (tertiary alicyclic amines) is 1. The first-order valence-electron chi connectivity index (χ1n) is 8.16. The Bertz CT molecular complexity index is 324. The number of hydrogen-bond acceptors (Lipinski definition) is 3. The van der Waals surface area contributed by atoms with Gasteiger partial charge >= 0.3 is 0 Å². The first-order valence-corrected chi connectivity index (χ1v) is 8.16. The summed E-state index contributed by atoms with van der Waals surface area (Å²) in [4.78, 5) is 17.0. The smallest absolute Gasteiger partial charge is 0.227 e. The maximum atomic E-state index is 12.7. The zero-order chi connectivity index (χ0) is 14.7. The summed E-state index contributed by atoms with van der Waals surface area (Å²) < 4.78 is 0. The fourth-order valence-electron chi connectivity index (χ4n) is 3.78. The van der Waals surface area contributed by atoms with Crippen LogP contribution in [-0.4, -0.2) is 55.5 Å². The van der Waals surface area contributed by atoms with E-state index in [0.717, 1.165) is 51.2 Å². The van der Waals surface area contributed by atoms with E-state index in [9.17, 15) is 4.79 Å². The monoisotopic (exact) mass is 281 g/mol. The Morgan fingerprint density at radius 2 is 1.85 bits per heavy atom. The molecule has 1 aliphatic carbocycles. The molecule has 2 aliphatic rings. The number of amides is 1.